The summed E-state index contributed by atoms with van der Waals surface area (Å²) < 4.78 is 70.1. The number of fused-ring (bicyclic) bond motifs is 1. The fourth-order valence-electron chi connectivity index (χ4n) is 4.41. The topological polar surface area (TPSA) is 121 Å². The molecule has 0 radical (unpaired) electrons. The van der Waals surface area contributed by atoms with Crippen LogP contribution in [0.1, 0.15) is 57.6 Å². The molecule has 1 saturated carbocycles. The number of rotatable bonds is 7. The molecule has 0 aliphatic heterocycles. The predicted octanol–water partition coefficient (Wildman–Crippen LogP) is 5.54. The maximum absolute atomic E-state index is 13.7. The number of carbonyl (C=O) groups excluding carboxylic acids is 2. The minimum atomic E-state index is -4.74. The molecule has 16 heteroatoms. The summed E-state index contributed by atoms with van der Waals surface area (Å²) in [6, 6.07) is 1.15. The lowest BCUT2D eigenvalue weighted by atomic mass is 10.0. The number of amides is 2. The second-order valence-electron chi connectivity index (χ2n) is 9.07. The van der Waals surface area contributed by atoms with Crippen LogP contribution < -0.4 is 11.1 Å². The normalized spacial score (nSPS) is 14.0. The van der Waals surface area contributed by atoms with Crippen molar-refractivity contribution in [2.75, 3.05) is 5.32 Å². The van der Waals surface area contributed by atoms with Crippen molar-refractivity contribution in [2.24, 2.45) is 12.8 Å². The first-order chi connectivity index (χ1) is 18.3. The first kappa shape index (κ1) is 27.2. The van der Waals surface area contributed by atoms with E-state index in [2.05, 4.69) is 36.4 Å². The number of thiophene rings is 1. The molecule has 0 atom stereocenters. The van der Waals surface area contributed by atoms with E-state index in [1.165, 1.54) is 4.68 Å². The molecule has 9 nitrogen and oxygen atoms in total. The zero-order valence-corrected chi connectivity index (χ0v) is 22.6. The lowest BCUT2D eigenvalue weighted by molar-refractivity contribution is -0.142. The number of primary amides is 1. The Bertz CT molecular complexity index is 1640. The van der Waals surface area contributed by atoms with E-state index < -0.39 is 42.3 Å². The van der Waals surface area contributed by atoms with Crippen molar-refractivity contribution in [3.05, 3.63) is 44.4 Å². The van der Waals surface area contributed by atoms with Gasteiger partial charge in [0.05, 0.1) is 21.5 Å². The summed E-state index contributed by atoms with van der Waals surface area (Å²) in [4.78, 5) is 29.3. The van der Waals surface area contributed by atoms with Crippen molar-refractivity contribution in [1.82, 2.24) is 24.5 Å². The second-order valence-corrected chi connectivity index (χ2v) is 10.9. The van der Waals surface area contributed by atoms with Gasteiger partial charge in [-0.25, -0.2) is 13.8 Å². The van der Waals surface area contributed by atoms with Crippen LogP contribution >= 0.6 is 27.3 Å². The van der Waals surface area contributed by atoms with Crippen LogP contribution in [0, 0.1) is 6.92 Å². The van der Waals surface area contributed by atoms with E-state index in [0.29, 0.717) is 24.1 Å². The first-order valence-electron chi connectivity index (χ1n) is 11.5. The standard InChI is InChI=1S/C23H19BrF5N7O2S/c1-8-11(6-35(2)33-8)10-5-12(20(25)26)31-22-14(10)16(18(39-22)21(30)38)32-13(37)7-36-17(9-3-4-9)15(24)19(34-36)23(27,28)29/h5-6,9,20H,3-4,7H2,1-2H3,(H2,30,38)(H,32,37). The third kappa shape index (κ3) is 5.02. The third-order valence-corrected chi connectivity index (χ3v) is 8.03. The van der Waals surface area contributed by atoms with Crippen LogP contribution in [0.5, 0.6) is 0 Å². The quantitative estimate of drug-likeness (QED) is 0.260. The maximum atomic E-state index is 13.7. The highest BCUT2D eigenvalue weighted by Crippen LogP contribution is 2.47. The zero-order chi connectivity index (χ0) is 28.4. The smallest absolute Gasteiger partial charge is 0.365 e. The molecular weight excluding hydrogens is 613 g/mol. The van der Waals surface area contributed by atoms with Crippen LogP contribution in [-0.2, 0) is 24.6 Å². The van der Waals surface area contributed by atoms with E-state index in [4.69, 9.17) is 5.73 Å². The molecular formula is C23H19BrF5N7O2S. The van der Waals surface area contributed by atoms with Gasteiger partial charge < -0.3 is 11.1 Å². The molecule has 1 aliphatic carbocycles. The summed E-state index contributed by atoms with van der Waals surface area (Å²) in [7, 11) is 1.64. The Morgan fingerprint density at radius 3 is 2.49 bits per heavy atom. The lowest BCUT2D eigenvalue weighted by Crippen LogP contribution is -2.23. The van der Waals surface area contributed by atoms with Gasteiger partial charge in [0.1, 0.15) is 21.9 Å². The van der Waals surface area contributed by atoms with E-state index in [1.807, 2.05) is 0 Å². The summed E-state index contributed by atoms with van der Waals surface area (Å²) in [6.45, 7) is 1.07. The van der Waals surface area contributed by atoms with Gasteiger partial charge in [-0.15, -0.1) is 11.3 Å². The molecule has 2 amide bonds. The minimum Gasteiger partial charge on any atom is -0.365 e. The van der Waals surface area contributed by atoms with Gasteiger partial charge in [-0.1, -0.05) is 0 Å². The van der Waals surface area contributed by atoms with Crippen molar-refractivity contribution in [1.29, 1.82) is 0 Å². The van der Waals surface area contributed by atoms with Crippen molar-refractivity contribution >= 4 is 55.0 Å². The molecule has 0 saturated heterocycles. The molecule has 0 spiro atoms. The summed E-state index contributed by atoms with van der Waals surface area (Å²) in [6.07, 6.45) is -4.78. The molecule has 4 heterocycles. The Balaban J connectivity index is 1.61. The van der Waals surface area contributed by atoms with Gasteiger partial charge in [-0.05, 0) is 47.3 Å². The Labute approximate surface area is 229 Å². The molecule has 206 valence electrons. The van der Waals surface area contributed by atoms with Gasteiger partial charge in [-0.2, -0.15) is 23.4 Å². The van der Waals surface area contributed by atoms with Gasteiger partial charge in [0.15, 0.2) is 5.69 Å². The van der Waals surface area contributed by atoms with E-state index >= 15 is 0 Å². The maximum Gasteiger partial charge on any atom is 0.436 e. The van der Waals surface area contributed by atoms with Gasteiger partial charge in [0.2, 0.25) is 5.91 Å². The zero-order valence-electron chi connectivity index (χ0n) is 20.2. The number of aromatic nitrogens is 5. The lowest BCUT2D eigenvalue weighted by Gasteiger charge is -2.11. The van der Waals surface area contributed by atoms with Crippen LogP contribution in [0.25, 0.3) is 21.3 Å². The monoisotopic (exact) mass is 631 g/mol. The van der Waals surface area contributed by atoms with Gasteiger partial charge in [0, 0.05) is 30.1 Å². The van der Waals surface area contributed by atoms with Gasteiger partial charge in [-0.3, -0.25) is 19.0 Å². The van der Waals surface area contributed by atoms with Crippen molar-refractivity contribution in [3.8, 4) is 11.1 Å². The molecule has 1 aliphatic rings. The SMILES string of the molecule is Cc1nn(C)cc1-c1cc(C(F)F)nc2sc(C(N)=O)c(NC(=O)Cn3nc(C(F)(F)F)c(Br)c3C3CC3)c12. The highest BCUT2D eigenvalue weighted by Gasteiger charge is 2.42. The molecule has 0 bridgehead atoms. The van der Waals surface area contributed by atoms with Crippen LogP contribution in [0.3, 0.4) is 0 Å². The number of nitrogens with zero attached hydrogens (tertiary/aromatic N) is 5. The number of halogens is 6. The summed E-state index contributed by atoms with van der Waals surface area (Å²) >= 11 is 3.70. The first-order valence-corrected chi connectivity index (χ1v) is 13.1. The number of nitrogens with two attached hydrogens (primary N) is 1. The van der Waals surface area contributed by atoms with E-state index in [0.717, 1.165) is 22.1 Å². The number of hydrogen-bond acceptors (Lipinski definition) is 6. The molecule has 1 fully saturated rings. The Hall–Kier alpha value is -3.40. The number of hydrogen-bond donors (Lipinski definition) is 2. The molecule has 39 heavy (non-hydrogen) atoms. The van der Waals surface area contributed by atoms with E-state index in [9.17, 15) is 31.5 Å². The molecule has 0 aromatic carbocycles. The summed E-state index contributed by atoms with van der Waals surface area (Å²) in [5.74, 6) is -1.92. The molecule has 4 aromatic heterocycles. The Morgan fingerprint density at radius 1 is 1.26 bits per heavy atom. The van der Waals surface area contributed by atoms with Crippen molar-refractivity contribution in [2.45, 2.75) is 44.8 Å². The predicted molar refractivity (Wildman–Crippen MR) is 136 cm³/mol. The fourth-order valence-corrected chi connectivity index (χ4v) is 6.26. The van der Waals surface area contributed by atoms with Crippen molar-refractivity contribution in [3.63, 3.8) is 0 Å². The van der Waals surface area contributed by atoms with Crippen molar-refractivity contribution < 1.29 is 31.5 Å². The van der Waals surface area contributed by atoms with E-state index in [1.54, 1.807) is 20.2 Å². The largest absolute Gasteiger partial charge is 0.436 e. The highest BCUT2D eigenvalue weighted by atomic mass is 79.9. The van der Waals surface area contributed by atoms with Crippen LogP contribution in [0.15, 0.2) is 16.7 Å². The average molecular weight is 632 g/mol. The number of pyridine rings is 1. The second kappa shape index (κ2) is 9.66. The van der Waals surface area contributed by atoms with E-state index in [-0.39, 0.29) is 42.4 Å². The molecule has 5 rings (SSSR count). The minimum absolute atomic E-state index is 0.0232. The Kier molecular flexibility index (Phi) is 6.73. The number of nitrogens with one attached hydrogen (secondary N) is 1. The number of anilines is 1. The van der Waals surface area contributed by atoms with Gasteiger partial charge >= 0.3 is 6.18 Å². The van der Waals surface area contributed by atoms with Crippen LogP contribution in [0.2, 0.25) is 0 Å². The Morgan fingerprint density at radius 2 is 1.95 bits per heavy atom. The molecule has 4 aromatic rings. The van der Waals surface area contributed by atoms with Crippen LogP contribution in [0.4, 0.5) is 27.6 Å². The molecule has 3 N–H and O–H groups in total. The number of alkyl halides is 5. The summed E-state index contributed by atoms with van der Waals surface area (Å²) in [5, 5.41) is 10.6. The van der Waals surface area contributed by atoms with Crippen LogP contribution in [-0.4, -0.2) is 36.4 Å². The summed E-state index contributed by atoms with van der Waals surface area (Å²) in [5.41, 5.74) is 5.21. The highest BCUT2D eigenvalue weighted by molar-refractivity contribution is 9.10. The number of carbonyl (C=O) groups is 2. The fraction of sp³-hybridized carbons (Fsp3) is 0.348. The third-order valence-electron chi connectivity index (χ3n) is 6.15. The van der Waals surface area contributed by atoms with Gasteiger partial charge in [0.25, 0.3) is 12.3 Å². The number of aryl methyl sites for hydroxylation is 2. The molecule has 0 unspecified atom stereocenters. The average Bonchev–Trinajstić information content (AvgIpc) is 3.39.